The lowest BCUT2D eigenvalue weighted by Gasteiger charge is -2.00. The van der Waals surface area contributed by atoms with E-state index in [4.69, 9.17) is 14.9 Å². The van der Waals surface area contributed by atoms with Crippen molar-refractivity contribution in [3.05, 3.63) is 47.7 Å². The van der Waals surface area contributed by atoms with Gasteiger partial charge < -0.3 is 14.9 Å². The van der Waals surface area contributed by atoms with Crippen LogP contribution >= 0.6 is 0 Å². The van der Waals surface area contributed by atoms with E-state index in [2.05, 4.69) is 0 Å². The van der Waals surface area contributed by atoms with Crippen LogP contribution < -0.4 is 5.73 Å². The molecule has 17 heavy (non-hydrogen) atoms. The third-order valence-corrected chi connectivity index (χ3v) is 2.67. The van der Waals surface area contributed by atoms with E-state index in [1.54, 1.807) is 0 Å². The van der Waals surface area contributed by atoms with Gasteiger partial charge in [-0.1, -0.05) is 30.4 Å². The smallest absolute Gasteiger partial charge is 0.135 e. The Kier molecular flexibility index (Phi) is 3.96. The fraction of sp³-hybridized carbons (Fsp3) is 0.286. The lowest BCUT2D eigenvalue weighted by Crippen LogP contribution is -2.01. The molecule has 0 radical (unpaired) electrons. The Morgan fingerprint density at radius 2 is 2.18 bits per heavy atom. The molecule has 0 saturated carbocycles. The minimum atomic E-state index is 0.464. The summed E-state index contributed by atoms with van der Waals surface area (Å²) in [6, 6.07) is 7.92. The van der Waals surface area contributed by atoms with E-state index in [9.17, 15) is 0 Å². The van der Waals surface area contributed by atoms with Crippen molar-refractivity contribution < 1.29 is 9.15 Å². The summed E-state index contributed by atoms with van der Waals surface area (Å²) in [7, 11) is 0. The van der Waals surface area contributed by atoms with Crippen molar-refractivity contribution in [2.75, 3.05) is 6.61 Å². The molecule has 0 aliphatic heterocycles. The number of rotatable bonds is 5. The van der Waals surface area contributed by atoms with Crippen LogP contribution in [0.1, 0.15) is 18.2 Å². The minimum absolute atomic E-state index is 0.464. The third-order valence-electron chi connectivity index (χ3n) is 2.67. The maximum absolute atomic E-state index is 5.76. The summed E-state index contributed by atoms with van der Waals surface area (Å²) in [6.45, 7) is 3.50. The average Bonchev–Trinajstić information content (AvgIpc) is 2.72. The van der Waals surface area contributed by atoms with Crippen molar-refractivity contribution in [1.29, 1.82) is 0 Å². The van der Waals surface area contributed by atoms with E-state index in [0.717, 1.165) is 22.3 Å². The first-order chi connectivity index (χ1) is 8.36. The van der Waals surface area contributed by atoms with Crippen molar-refractivity contribution in [3.63, 3.8) is 0 Å². The number of fused-ring (bicyclic) bond motifs is 1. The van der Waals surface area contributed by atoms with Gasteiger partial charge >= 0.3 is 0 Å². The van der Waals surface area contributed by atoms with Gasteiger partial charge in [-0.3, -0.25) is 0 Å². The van der Waals surface area contributed by atoms with E-state index in [0.29, 0.717) is 19.8 Å². The number of hydrogen-bond donors (Lipinski definition) is 1. The van der Waals surface area contributed by atoms with Crippen molar-refractivity contribution in [2.45, 2.75) is 20.1 Å². The van der Waals surface area contributed by atoms with Crippen LogP contribution in [0.4, 0.5) is 0 Å². The quantitative estimate of drug-likeness (QED) is 0.635. The maximum atomic E-state index is 5.76. The van der Waals surface area contributed by atoms with Gasteiger partial charge in [-0.15, -0.1) is 0 Å². The molecule has 1 aromatic heterocycles. The Labute approximate surface area is 101 Å². The Morgan fingerprint density at radius 3 is 2.94 bits per heavy atom. The Bertz CT molecular complexity index is 514. The molecule has 2 rings (SSSR count). The maximum Gasteiger partial charge on any atom is 0.135 e. The summed E-state index contributed by atoms with van der Waals surface area (Å²) in [5.41, 5.74) is 7.68. The van der Waals surface area contributed by atoms with Gasteiger partial charge in [0.25, 0.3) is 0 Å². The van der Waals surface area contributed by atoms with Crippen molar-refractivity contribution in [2.24, 2.45) is 5.73 Å². The fourth-order valence-corrected chi connectivity index (χ4v) is 1.81. The molecule has 0 atom stereocenters. The van der Waals surface area contributed by atoms with Crippen LogP contribution in [-0.4, -0.2) is 6.61 Å². The highest BCUT2D eigenvalue weighted by Gasteiger charge is 2.11. The molecular formula is C14H17NO2. The van der Waals surface area contributed by atoms with Crippen molar-refractivity contribution in [1.82, 2.24) is 0 Å². The van der Waals surface area contributed by atoms with Gasteiger partial charge in [-0.25, -0.2) is 0 Å². The summed E-state index contributed by atoms with van der Waals surface area (Å²) >= 11 is 0. The Morgan fingerprint density at radius 1 is 1.35 bits per heavy atom. The predicted molar refractivity (Wildman–Crippen MR) is 68.6 cm³/mol. The summed E-state index contributed by atoms with van der Waals surface area (Å²) < 4.78 is 11.2. The zero-order valence-electron chi connectivity index (χ0n) is 9.98. The normalized spacial score (nSPS) is 11.6. The molecule has 1 aromatic carbocycles. The van der Waals surface area contributed by atoms with E-state index in [1.807, 2.05) is 43.3 Å². The number of furan rings is 1. The van der Waals surface area contributed by atoms with Gasteiger partial charge in [-0.2, -0.15) is 0 Å². The van der Waals surface area contributed by atoms with Gasteiger partial charge in [0.2, 0.25) is 0 Å². The molecule has 0 aliphatic rings. The molecule has 2 aromatic rings. The largest absolute Gasteiger partial charge is 0.458 e. The van der Waals surface area contributed by atoms with Gasteiger partial charge in [0.1, 0.15) is 18.0 Å². The van der Waals surface area contributed by atoms with Crippen LogP contribution in [-0.2, 0) is 17.9 Å². The summed E-state index contributed by atoms with van der Waals surface area (Å²) in [4.78, 5) is 0. The van der Waals surface area contributed by atoms with Crippen molar-refractivity contribution >= 4 is 11.0 Å². The molecule has 0 saturated heterocycles. The number of nitrogens with two attached hydrogens (primary N) is 1. The average molecular weight is 231 g/mol. The van der Waals surface area contributed by atoms with Crippen LogP contribution in [0.25, 0.3) is 11.0 Å². The first-order valence-electron chi connectivity index (χ1n) is 5.75. The fourth-order valence-electron chi connectivity index (χ4n) is 1.81. The molecule has 0 aliphatic carbocycles. The number of hydrogen-bond acceptors (Lipinski definition) is 3. The zero-order chi connectivity index (χ0) is 12.1. The van der Waals surface area contributed by atoms with Crippen LogP contribution in [0.3, 0.4) is 0 Å². The van der Waals surface area contributed by atoms with Gasteiger partial charge in [0.15, 0.2) is 0 Å². The highest BCUT2D eigenvalue weighted by atomic mass is 16.5. The number of allylic oxidation sites excluding steroid dienone is 1. The third kappa shape index (κ3) is 2.57. The first-order valence-corrected chi connectivity index (χ1v) is 5.75. The molecule has 2 N–H and O–H groups in total. The summed E-state index contributed by atoms with van der Waals surface area (Å²) in [6.07, 6.45) is 3.92. The second-order valence-electron chi connectivity index (χ2n) is 3.79. The van der Waals surface area contributed by atoms with Crippen LogP contribution in [0.5, 0.6) is 0 Å². The van der Waals surface area contributed by atoms with Gasteiger partial charge in [-0.05, 0) is 13.0 Å². The Hall–Kier alpha value is -1.58. The second-order valence-corrected chi connectivity index (χ2v) is 3.79. The summed E-state index contributed by atoms with van der Waals surface area (Å²) in [5.74, 6) is 0.832. The van der Waals surface area contributed by atoms with E-state index in [1.165, 1.54) is 0 Å². The molecule has 0 amide bonds. The Balaban J connectivity index is 2.21. The van der Waals surface area contributed by atoms with Gasteiger partial charge in [0, 0.05) is 17.5 Å². The molecule has 0 fully saturated rings. The second kappa shape index (κ2) is 5.66. The number of ether oxygens (including phenoxy) is 1. The monoisotopic (exact) mass is 231 g/mol. The lowest BCUT2D eigenvalue weighted by molar-refractivity contribution is 0.132. The van der Waals surface area contributed by atoms with Gasteiger partial charge in [0.05, 0.1) is 6.61 Å². The highest BCUT2D eigenvalue weighted by Crippen LogP contribution is 2.25. The number of para-hydroxylation sites is 1. The molecule has 0 spiro atoms. The summed E-state index contributed by atoms with van der Waals surface area (Å²) in [5, 5.41) is 1.08. The molecule has 0 bridgehead atoms. The molecule has 3 heteroatoms. The van der Waals surface area contributed by atoms with Crippen LogP contribution in [0, 0.1) is 0 Å². The van der Waals surface area contributed by atoms with E-state index in [-0.39, 0.29) is 0 Å². The highest BCUT2D eigenvalue weighted by molar-refractivity contribution is 5.82. The topological polar surface area (TPSA) is 48.4 Å². The van der Waals surface area contributed by atoms with E-state index < -0.39 is 0 Å². The zero-order valence-corrected chi connectivity index (χ0v) is 9.98. The predicted octanol–water partition coefficient (Wildman–Crippen LogP) is 2.98. The molecule has 1 heterocycles. The van der Waals surface area contributed by atoms with Crippen LogP contribution in [0.2, 0.25) is 0 Å². The SMILES string of the molecule is CC=CCOCc1oc2ccccc2c1CN. The first kappa shape index (κ1) is 11.9. The van der Waals surface area contributed by atoms with Crippen molar-refractivity contribution in [3.8, 4) is 0 Å². The molecule has 0 unspecified atom stereocenters. The molecule has 3 nitrogen and oxygen atoms in total. The van der Waals surface area contributed by atoms with Crippen LogP contribution in [0.15, 0.2) is 40.8 Å². The standard InChI is InChI=1S/C14H17NO2/c1-2-3-8-16-10-14-12(9-15)11-6-4-5-7-13(11)17-14/h2-7H,8-10,15H2,1H3. The molecule has 90 valence electrons. The van der Waals surface area contributed by atoms with E-state index >= 15 is 0 Å². The molecular weight excluding hydrogens is 214 g/mol. The number of benzene rings is 1. The minimum Gasteiger partial charge on any atom is -0.458 e. The lowest BCUT2D eigenvalue weighted by atomic mass is 10.1.